The Balaban J connectivity index is 2.07. The molecule has 0 saturated heterocycles. The number of aromatic nitrogens is 3. The van der Waals surface area contributed by atoms with Crippen molar-refractivity contribution in [2.75, 3.05) is 5.73 Å². The van der Waals surface area contributed by atoms with Crippen LogP contribution in [0.5, 0.6) is 0 Å². The van der Waals surface area contributed by atoms with E-state index in [0.717, 1.165) is 24.2 Å². The predicted octanol–water partition coefficient (Wildman–Crippen LogP) is 1.59. The summed E-state index contributed by atoms with van der Waals surface area (Å²) < 4.78 is 4.98. The maximum atomic E-state index is 5.64. The first-order valence-electron chi connectivity index (χ1n) is 4.87. The Hall–Kier alpha value is -1.91. The van der Waals surface area contributed by atoms with Crippen LogP contribution in [0, 0.1) is 0 Å². The molecule has 5 nitrogen and oxygen atoms in total. The Morgan fingerprint density at radius 2 is 2.13 bits per heavy atom. The molecule has 3 rings (SSSR count). The van der Waals surface area contributed by atoms with E-state index in [1.54, 1.807) is 12.5 Å². The van der Waals surface area contributed by atoms with Gasteiger partial charge in [0.1, 0.15) is 12.1 Å². The van der Waals surface area contributed by atoms with E-state index in [4.69, 9.17) is 10.2 Å². The first-order valence-corrected chi connectivity index (χ1v) is 4.87. The summed E-state index contributed by atoms with van der Waals surface area (Å²) in [5.74, 6) is 2.15. The molecule has 0 aromatic carbocycles. The first-order chi connectivity index (χ1) is 7.33. The lowest BCUT2D eigenvalue weighted by Crippen LogP contribution is -2.03. The van der Waals surface area contributed by atoms with Crippen LogP contribution in [-0.2, 0) is 0 Å². The summed E-state index contributed by atoms with van der Waals surface area (Å²) in [7, 11) is 0. The average Bonchev–Trinajstić information content (AvgIpc) is 2.93. The molecule has 0 bridgehead atoms. The van der Waals surface area contributed by atoms with Crippen LogP contribution in [0.3, 0.4) is 0 Å². The highest BCUT2D eigenvalue weighted by molar-refractivity contribution is 5.53. The lowest BCUT2D eigenvalue weighted by atomic mass is 10.3. The Morgan fingerprint density at radius 1 is 1.27 bits per heavy atom. The smallest absolute Gasteiger partial charge is 0.223 e. The molecular formula is C10H10N4O. The monoisotopic (exact) mass is 202 g/mol. The number of nitrogen functional groups attached to an aromatic ring is 1. The lowest BCUT2D eigenvalue weighted by Gasteiger charge is -2.01. The van der Waals surface area contributed by atoms with Gasteiger partial charge in [0.15, 0.2) is 5.82 Å². The van der Waals surface area contributed by atoms with Crippen molar-refractivity contribution in [3.8, 4) is 11.4 Å². The highest BCUT2D eigenvalue weighted by Gasteiger charge is 2.27. The standard InChI is InChI=1S/C10H10N4O/c11-10-13-8(6-1-2-6)12-9(14-10)7-3-4-15-5-7/h3-6H,1-2H2,(H2,11,12,13,14). The molecule has 1 fully saturated rings. The number of rotatable bonds is 2. The van der Waals surface area contributed by atoms with Gasteiger partial charge in [-0.2, -0.15) is 9.97 Å². The van der Waals surface area contributed by atoms with E-state index in [2.05, 4.69) is 15.0 Å². The summed E-state index contributed by atoms with van der Waals surface area (Å²) in [5, 5.41) is 0. The van der Waals surface area contributed by atoms with Gasteiger partial charge in [0.2, 0.25) is 5.95 Å². The first kappa shape index (κ1) is 8.40. The molecule has 15 heavy (non-hydrogen) atoms. The number of nitrogens with zero attached hydrogens (tertiary/aromatic N) is 3. The van der Waals surface area contributed by atoms with Gasteiger partial charge in [0, 0.05) is 5.92 Å². The van der Waals surface area contributed by atoms with E-state index in [-0.39, 0.29) is 5.95 Å². The van der Waals surface area contributed by atoms with Crippen molar-refractivity contribution < 1.29 is 4.42 Å². The van der Waals surface area contributed by atoms with Crippen LogP contribution in [0.15, 0.2) is 23.0 Å². The van der Waals surface area contributed by atoms with Crippen LogP contribution in [0.2, 0.25) is 0 Å². The van der Waals surface area contributed by atoms with Gasteiger partial charge in [-0.1, -0.05) is 0 Å². The van der Waals surface area contributed by atoms with Crippen LogP contribution in [0.25, 0.3) is 11.4 Å². The SMILES string of the molecule is Nc1nc(-c2ccoc2)nc(C2CC2)n1. The van der Waals surface area contributed by atoms with Crippen molar-refractivity contribution in [3.63, 3.8) is 0 Å². The number of hydrogen-bond acceptors (Lipinski definition) is 5. The van der Waals surface area contributed by atoms with Crippen molar-refractivity contribution in [3.05, 3.63) is 24.4 Å². The maximum Gasteiger partial charge on any atom is 0.223 e. The van der Waals surface area contributed by atoms with Gasteiger partial charge in [-0.3, -0.25) is 0 Å². The minimum absolute atomic E-state index is 0.281. The summed E-state index contributed by atoms with van der Waals surface area (Å²) in [5.41, 5.74) is 6.48. The van der Waals surface area contributed by atoms with Crippen molar-refractivity contribution in [1.29, 1.82) is 0 Å². The summed E-state index contributed by atoms with van der Waals surface area (Å²) in [6, 6.07) is 1.81. The lowest BCUT2D eigenvalue weighted by molar-refractivity contribution is 0.568. The quantitative estimate of drug-likeness (QED) is 0.800. The Kier molecular flexibility index (Phi) is 1.71. The minimum atomic E-state index is 0.281. The van der Waals surface area contributed by atoms with Crippen LogP contribution in [0.1, 0.15) is 24.6 Å². The largest absolute Gasteiger partial charge is 0.472 e. The molecule has 1 aliphatic rings. The van der Waals surface area contributed by atoms with Crippen LogP contribution < -0.4 is 5.73 Å². The summed E-state index contributed by atoms with van der Waals surface area (Å²) >= 11 is 0. The second-order valence-corrected chi connectivity index (χ2v) is 3.66. The van der Waals surface area contributed by atoms with Crippen molar-refractivity contribution in [2.45, 2.75) is 18.8 Å². The van der Waals surface area contributed by atoms with E-state index >= 15 is 0 Å². The molecule has 2 aromatic rings. The fraction of sp³-hybridized carbons (Fsp3) is 0.300. The zero-order valence-electron chi connectivity index (χ0n) is 8.05. The molecule has 2 N–H and O–H groups in total. The molecule has 0 aliphatic heterocycles. The van der Waals surface area contributed by atoms with Gasteiger partial charge >= 0.3 is 0 Å². The summed E-state index contributed by atoms with van der Waals surface area (Å²) in [6.07, 6.45) is 5.49. The molecule has 0 amide bonds. The molecule has 76 valence electrons. The Morgan fingerprint density at radius 3 is 2.80 bits per heavy atom. The topological polar surface area (TPSA) is 77.8 Å². The molecule has 0 unspecified atom stereocenters. The average molecular weight is 202 g/mol. The Labute approximate surface area is 86.4 Å². The fourth-order valence-electron chi connectivity index (χ4n) is 1.45. The molecule has 1 saturated carbocycles. The molecular weight excluding hydrogens is 192 g/mol. The van der Waals surface area contributed by atoms with Crippen LogP contribution in [-0.4, -0.2) is 15.0 Å². The van der Waals surface area contributed by atoms with E-state index in [1.807, 2.05) is 6.07 Å². The normalized spacial score (nSPS) is 15.5. The van der Waals surface area contributed by atoms with Crippen LogP contribution in [0.4, 0.5) is 5.95 Å². The molecule has 2 heterocycles. The van der Waals surface area contributed by atoms with E-state index in [0.29, 0.717) is 11.7 Å². The van der Waals surface area contributed by atoms with Gasteiger partial charge in [-0.25, -0.2) is 4.98 Å². The fourth-order valence-corrected chi connectivity index (χ4v) is 1.45. The van der Waals surface area contributed by atoms with Gasteiger partial charge < -0.3 is 10.2 Å². The zero-order valence-corrected chi connectivity index (χ0v) is 8.05. The summed E-state index contributed by atoms with van der Waals surface area (Å²) in [4.78, 5) is 12.6. The van der Waals surface area contributed by atoms with Gasteiger partial charge in [-0.05, 0) is 18.9 Å². The van der Waals surface area contributed by atoms with Crippen molar-refractivity contribution >= 4 is 5.95 Å². The maximum absolute atomic E-state index is 5.64. The van der Waals surface area contributed by atoms with E-state index in [9.17, 15) is 0 Å². The summed E-state index contributed by atoms with van der Waals surface area (Å²) in [6.45, 7) is 0. The van der Waals surface area contributed by atoms with Crippen molar-refractivity contribution in [2.24, 2.45) is 0 Å². The van der Waals surface area contributed by atoms with E-state index in [1.165, 1.54) is 0 Å². The van der Waals surface area contributed by atoms with Crippen molar-refractivity contribution in [1.82, 2.24) is 15.0 Å². The number of anilines is 1. The third-order valence-corrected chi connectivity index (χ3v) is 2.39. The molecule has 2 aromatic heterocycles. The second-order valence-electron chi connectivity index (χ2n) is 3.66. The highest BCUT2D eigenvalue weighted by Crippen LogP contribution is 2.38. The van der Waals surface area contributed by atoms with Gasteiger partial charge in [0.05, 0.1) is 11.8 Å². The van der Waals surface area contributed by atoms with Crippen LogP contribution >= 0.6 is 0 Å². The molecule has 5 heteroatoms. The number of furan rings is 1. The molecule has 0 spiro atoms. The van der Waals surface area contributed by atoms with Gasteiger partial charge in [-0.15, -0.1) is 0 Å². The number of nitrogens with two attached hydrogens (primary N) is 1. The molecule has 0 radical (unpaired) electrons. The number of hydrogen-bond donors (Lipinski definition) is 1. The minimum Gasteiger partial charge on any atom is -0.472 e. The highest BCUT2D eigenvalue weighted by atomic mass is 16.3. The third-order valence-electron chi connectivity index (χ3n) is 2.39. The third kappa shape index (κ3) is 1.56. The Bertz CT molecular complexity index is 476. The van der Waals surface area contributed by atoms with E-state index < -0.39 is 0 Å². The predicted molar refractivity (Wildman–Crippen MR) is 53.9 cm³/mol. The van der Waals surface area contributed by atoms with Gasteiger partial charge in [0.25, 0.3) is 0 Å². The molecule has 1 aliphatic carbocycles. The second kappa shape index (κ2) is 3.05. The molecule has 0 atom stereocenters. The zero-order chi connectivity index (χ0) is 10.3.